The van der Waals surface area contributed by atoms with E-state index in [2.05, 4.69) is 11.9 Å². The molecular formula is C13H20ClNO. The molecule has 3 heteroatoms. The summed E-state index contributed by atoms with van der Waals surface area (Å²) in [6, 6.07) is 3.83. The van der Waals surface area contributed by atoms with Gasteiger partial charge in [0.2, 0.25) is 0 Å². The van der Waals surface area contributed by atoms with Gasteiger partial charge in [-0.25, -0.2) is 4.98 Å². The fourth-order valence-corrected chi connectivity index (χ4v) is 1.69. The molecule has 1 aromatic heterocycles. The molecule has 0 N–H and O–H groups in total. The summed E-state index contributed by atoms with van der Waals surface area (Å²) in [5, 5.41) is 0.550. The summed E-state index contributed by atoms with van der Waals surface area (Å²) in [6.07, 6.45) is 8.01. The largest absolute Gasteiger partial charge is 0.377 e. The van der Waals surface area contributed by atoms with Crippen LogP contribution < -0.4 is 0 Å². The van der Waals surface area contributed by atoms with E-state index in [1.54, 1.807) is 6.20 Å². The average molecular weight is 242 g/mol. The molecule has 1 rings (SSSR count). The minimum Gasteiger partial charge on any atom is -0.377 e. The van der Waals surface area contributed by atoms with Crippen molar-refractivity contribution in [3.63, 3.8) is 0 Å². The van der Waals surface area contributed by atoms with Gasteiger partial charge in [-0.3, -0.25) is 0 Å². The van der Waals surface area contributed by atoms with Crippen LogP contribution in [0, 0.1) is 0 Å². The quantitative estimate of drug-likeness (QED) is 0.502. The summed E-state index contributed by atoms with van der Waals surface area (Å²) in [5.41, 5.74) is 0.970. The zero-order valence-electron chi connectivity index (χ0n) is 9.92. The molecule has 0 saturated carbocycles. The van der Waals surface area contributed by atoms with Gasteiger partial charge in [0, 0.05) is 18.4 Å². The number of unbranched alkanes of at least 4 members (excludes halogenated alkanes) is 4. The summed E-state index contributed by atoms with van der Waals surface area (Å²) < 4.78 is 5.56. The first-order valence-corrected chi connectivity index (χ1v) is 6.39. The number of rotatable bonds is 8. The van der Waals surface area contributed by atoms with E-state index in [0.717, 1.165) is 18.6 Å². The van der Waals surface area contributed by atoms with Gasteiger partial charge in [0.05, 0.1) is 6.61 Å². The number of nitrogens with zero attached hydrogens (tertiary/aromatic N) is 1. The first-order valence-electron chi connectivity index (χ1n) is 6.01. The summed E-state index contributed by atoms with van der Waals surface area (Å²) in [6.45, 7) is 3.61. The van der Waals surface area contributed by atoms with Gasteiger partial charge in [0.1, 0.15) is 5.15 Å². The Morgan fingerprint density at radius 1 is 1.25 bits per heavy atom. The standard InChI is InChI=1S/C13H20ClNO/c1-2-3-4-5-6-10-16-11-12-8-7-9-15-13(12)14/h7-9H,2-6,10-11H2,1H3. The highest BCUT2D eigenvalue weighted by Crippen LogP contribution is 2.12. The van der Waals surface area contributed by atoms with Crippen LogP contribution in [-0.4, -0.2) is 11.6 Å². The number of hydrogen-bond acceptors (Lipinski definition) is 2. The van der Waals surface area contributed by atoms with Crippen molar-refractivity contribution in [2.75, 3.05) is 6.61 Å². The van der Waals surface area contributed by atoms with Crippen LogP contribution in [0.1, 0.15) is 44.6 Å². The van der Waals surface area contributed by atoms with Gasteiger partial charge in [-0.2, -0.15) is 0 Å². The van der Waals surface area contributed by atoms with Gasteiger partial charge in [0.25, 0.3) is 0 Å². The molecule has 0 fully saturated rings. The summed E-state index contributed by atoms with van der Waals surface area (Å²) in [7, 11) is 0. The minimum absolute atomic E-state index is 0.550. The van der Waals surface area contributed by atoms with Crippen molar-refractivity contribution in [1.82, 2.24) is 4.98 Å². The molecule has 0 aliphatic heterocycles. The molecule has 16 heavy (non-hydrogen) atoms. The average Bonchev–Trinajstić information content (AvgIpc) is 2.30. The normalized spacial score (nSPS) is 10.6. The van der Waals surface area contributed by atoms with Gasteiger partial charge in [0.15, 0.2) is 0 Å². The Morgan fingerprint density at radius 2 is 2.06 bits per heavy atom. The SMILES string of the molecule is CCCCCCCOCc1cccnc1Cl. The monoisotopic (exact) mass is 241 g/mol. The van der Waals surface area contributed by atoms with Crippen LogP contribution in [0.3, 0.4) is 0 Å². The molecule has 0 aromatic carbocycles. The Labute approximate surface area is 103 Å². The van der Waals surface area contributed by atoms with Crippen LogP contribution in [0.2, 0.25) is 5.15 Å². The second-order valence-electron chi connectivity index (χ2n) is 3.92. The molecule has 90 valence electrons. The Kier molecular flexibility index (Phi) is 7.19. The van der Waals surface area contributed by atoms with E-state index in [4.69, 9.17) is 16.3 Å². The molecule has 1 heterocycles. The van der Waals surface area contributed by atoms with Crippen molar-refractivity contribution in [3.05, 3.63) is 29.0 Å². The van der Waals surface area contributed by atoms with E-state index >= 15 is 0 Å². The fourth-order valence-electron chi connectivity index (χ4n) is 1.52. The van der Waals surface area contributed by atoms with Crippen LogP contribution in [0.25, 0.3) is 0 Å². The zero-order chi connectivity index (χ0) is 11.6. The van der Waals surface area contributed by atoms with Crippen LogP contribution in [0.15, 0.2) is 18.3 Å². The molecule has 0 unspecified atom stereocenters. The molecule has 0 spiro atoms. The molecule has 0 aliphatic rings. The molecule has 0 bridgehead atoms. The van der Waals surface area contributed by atoms with Gasteiger partial charge >= 0.3 is 0 Å². The van der Waals surface area contributed by atoms with Gasteiger partial charge in [-0.15, -0.1) is 0 Å². The number of ether oxygens (including phenoxy) is 1. The van der Waals surface area contributed by atoms with Crippen LogP contribution in [0.4, 0.5) is 0 Å². The van der Waals surface area contributed by atoms with Crippen molar-refractivity contribution in [2.24, 2.45) is 0 Å². The van der Waals surface area contributed by atoms with Gasteiger partial charge in [-0.05, 0) is 12.5 Å². The van der Waals surface area contributed by atoms with E-state index < -0.39 is 0 Å². The Morgan fingerprint density at radius 3 is 2.81 bits per heavy atom. The number of halogens is 1. The lowest BCUT2D eigenvalue weighted by Crippen LogP contribution is -1.97. The molecular weight excluding hydrogens is 222 g/mol. The molecule has 1 aromatic rings. The third-order valence-corrected chi connectivity index (χ3v) is 2.83. The van der Waals surface area contributed by atoms with Gasteiger partial charge < -0.3 is 4.74 Å². The van der Waals surface area contributed by atoms with Crippen molar-refractivity contribution < 1.29 is 4.74 Å². The van der Waals surface area contributed by atoms with Crippen molar-refractivity contribution in [2.45, 2.75) is 45.6 Å². The lowest BCUT2D eigenvalue weighted by Gasteiger charge is -2.05. The number of pyridine rings is 1. The highest BCUT2D eigenvalue weighted by atomic mass is 35.5. The van der Waals surface area contributed by atoms with Gasteiger partial charge in [-0.1, -0.05) is 50.3 Å². The predicted molar refractivity (Wildman–Crippen MR) is 67.7 cm³/mol. The third kappa shape index (κ3) is 5.47. The molecule has 0 radical (unpaired) electrons. The lowest BCUT2D eigenvalue weighted by atomic mass is 10.2. The molecule has 0 atom stereocenters. The Bertz CT molecular complexity index is 291. The summed E-state index contributed by atoms with van der Waals surface area (Å²) >= 11 is 5.91. The molecule has 0 aliphatic carbocycles. The van der Waals surface area contributed by atoms with Crippen molar-refractivity contribution in [3.8, 4) is 0 Å². The Hall–Kier alpha value is -0.600. The molecule has 0 amide bonds. The molecule has 0 saturated heterocycles. The second kappa shape index (κ2) is 8.54. The first-order chi connectivity index (χ1) is 7.84. The highest BCUT2D eigenvalue weighted by molar-refractivity contribution is 6.30. The highest BCUT2D eigenvalue weighted by Gasteiger charge is 1.99. The van der Waals surface area contributed by atoms with Crippen molar-refractivity contribution in [1.29, 1.82) is 0 Å². The zero-order valence-corrected chi connectivity index (χ0v) is 10.7. The second-order valence-corrected chi connectivity index (χ2v) is 4.28. The summed E-state index contributed by atoms with van der Waals surface area (Å²) in [4.78, 5) is 4.00. The van der Waals surface area contributed by atoms with E-state index in [9.17, 15) is 0 Å². The van der Waals surface area contributed by atoms with E-state index in [1.165, 1.54) is 25.7 Å². The predicted octanol–water partition coefficient (Wildman–Crippen LogP) is 4.22. The topological polar surface area (TPSA) is 22.1 Å². The number of aromatic nitrogens is 1. The third-order valence-electron chi connectivity index (χ3n) is 2.49. The van der Waals surface area contributed by atoms with E-state index in [1.807, 2.05) is 12.1 Å². The van der Waals surface area contributed by atoms with Crippen molar-refractivity contribution >= 4 is 11.6 Å². The maximum Gasteiger partial charge on any atom is 0.134 e. The smallest absolute Gasteiger partial charge is 0.134 e. The van der Waals surface area contributed by atoms with Crippen LogP contribution in [-0.2, 0) is 11.3 Å². The van der Waals surface area contributed by atoms with Crippen LogP contribution >= 0.6 is 11.6 Å². The minimum atomic E-state index is 0.550. The van der Waals surface area contributed by atoms with E-state index in [-0.39, 0.29) is 0 Å². The number of hydrogen-bond donors (Lipinski definition) is 0. The van der Waals surface area contributed by atoms with E-state index in [0.29, 0.717) is 11.8 Å². The Balaban J connectivity index is 2.05. The summed E-state index contributed by atoms with van der Waals surface area (Å²) in [5.74, 6) is 0. The maximum atomic E-state index is 5.91. The molecule has 2 nitrogen and oxygen atoms in total. The van der Waals surface area contributed by atoms with Crippen LogP contribution in [0.5, 0.6) is 0 Å². The lowest BCUT2D eigenvalue weighted by molar-refractivity contribution is 0.116. The fraction of sp³-hybridized carbons (Fsp3) is 0.615. The maximum absolute atomic E-state index is 5.91. The first kappa shape index (κ1) is 13.5.